The van der Waals surface area contributed by atoms with Crippen molar-refractivity contribution in [1.29, 1.82) is 0 Å². The lowest BCUT2D eigenvalue weighted by Gasteiger charge is -2.28. The topological polar surface area (TPSA) is 83.6 Å². The molecule has 0 bridgehead atoms. The minimum absolute atomic E-state index is 0.0217. The number of carbonyl (C=O) groups is 2. The lowest BCUT2D eigenvalue weighted by atomic mass is 9.99. The van der Waals surface area contributed by atoms with Crippen molar-refractivity contribution in [2.45, 2.75) is 11.3 Å². The summed E-state index contributed by atoms with van der Waals surface area (Å²) in [6.45, 7) is 1.37. The molecule has 2 amide bonds. The Morgan fingerprint density at radius 1 is 1.32 bits per heavy atom. The first-order chi connectivity index (χ1) is 11.9. The van der Waals surface area contributed by atoms with Crippen LogP contribution in [0.3, 0.4) is 0 Å². The second-order valence-corrected chi connectivity index (χ2v) is 8.80. The Hall–Kier alpha value is -2.19. The van der Waals surface area contributed by atoms with E-state index in [4.69, 9.17) is 0 Å². The van der Waals surface area contributed by atoms with Crippen LogP contribution in [0.5, 0.6) is 0 Å². The van der Waals surface area contributed by atoms with Gasteiger partial charge in [-0.2, -0.15) is 0 Å². The highest BCUT2D eigenvalue weighted by atomic mass is 32.2. The van der Waals surface area contributed by atoms with E-state index in [-0.39, 0.29) is 16.7 Å². The summed E-state index contributed by atoms with van der Waals surface area (Å²) in [7, 11) is -3.31. The number of nitrogens with zero attached hydrogens (tertiary/aromatic N) is 1. The van der Waals surface area contributed by atoms with Crippen molar-refractivity contribution in [3.05, 3.63) is 51.7 Å². The molecule has 0 unspecified atom stereocenters. The van der Waals surface area contributed by atoms with Gasteiger partial charge in [0.15, 0.2) is 9.84 Å². The smallest absolute Gasteiger partial charge is 0.261 e. The maximum Gasteiger partial charge on any atom is 0.261 e. The van der Waals surface area contributed by atoms with Gasteiger partial charge in [-0.3, -0.25) is 9.59 Å². The van der Waals surface area contributed by atoms with Crippen molar-refractivity contribution in [3.63, 3.8) is 0 Å². The van der Waals surface area contributed by atoms with Crippen LogP contribution in [0.4, 0.5) is 0 Å². The Bertz CT molecular complexity index is 918. The average Bonchev–Trinajstić information content (AvgIpc) is 3.07. The predicted molar refractivity (Wildman–Crippen MR) is 95.8 cm³/mol. The quantitative estimate of drug-likeness (QED) is 0.856. The highest BCUT2D eigenvalue weighted by molar-refractivity contribution is 7.90. The fraction of sp³-hybridized carbons (Fsp3) is 0.294. The first kappa shape index (κ1) is 17.6. The fourth-order valence-corrected chi connectivity index (χ4v) is 4.65. The van der Waals surface area contributed by atoms with Gasteiger partial charge >= 0.3 is 0 Å². The van der Waals surface area contributed by atoms with Crippen molar-refractivity contribution < 1.29 is 18.0 Å². The molecule has 0 radical (unpaired) electrons. The maximum atomic E-state index is 12.4. The van der Waals surface area contributed by atoms with Crippen LogP contribution in [-0.4, -0.2) is 51.0 Å². The molecule has 1 aromatic carbocycles. The molecule has 1 aromatic heterocycles. The van der Waals surface area contributed by atoms with E-state index in [1.807, 2.05) is 24.3 Å². The molecule has 0 fully saturated rings. The standard InChI is InChI=1S/C17H18N2O4S2/c1-25(22,23)13-10-15(24-11-13)16(20)18-7-9-19-8-6-12-4-2-3-5-14(12)17(19)21/h2-5,10-11H,6-9H2,1H3,(H,18,20). The zero-order valence-electron chi connectivity index (χ0n) is 13.7. The molecular formula is C17H18N2O4S2. The summed E-state index contributed by atoms with van der Waals surface area (Å²) in [5, 5.41) is 4.19. The van der Waals surface area contributed by atoms with Gasteiger partial charge in [0.2, 0.25) is 0 Å². The zero-order chi connectivity index (χ0) is 18.0. The van der Waals surface area contributed by atoms with Gasteiger partial charge in [0.1, 0.15) is 0 Å². The molecule has 1 aliphatic heterocycles. The molecule has 1 aliphatic rings. The highest BCUT2D eigenvalue weighted by Crippen LogP contribution is 2.20. The van der Waals surface area contributed by atoms with Gasteiger partial charge in [-0.15, -0.1) is 11.3 Å². The van der Waals surface area contributed by atoms with Crippen LogP contribution < -0.4 is 5.32 Å². The summed E-state index contributed by atoms with van der Waals surface area (Å²) in [6.07, 6.45) is 1.91. The SMILES string of the molecule is CS(=O)(=O)c1csc(C(=O)NCCN2CCc3ccccc3C2=O)c1. The van der Waals surface area contributed by atoms with Gasteiger partial charge in [-0.05, 0) is 24.1 Å². The lowest BCUT2D eigenvalue weighted by Crippen LogP contribution is -2.42. The molecule has 0 atom stereocenters. The van der Waals surface area contributed by atoms with E-state index in [1.165, 1.54) is 11.4 Å². The fourth-order valence-electron chi connectivity index (χ4n) is 2.71. The minimum atomic E-state index is -3.31. The normalized spacial score (nSPS) is 14.3. The number of sulfone groups is 1. The molecule has 3 rings (SSSR count). The molecule has 25 heavy (non-hydrogen) atoms. The molecule has 2 heterocycles. The summed E-state index contributed by atoms with van der Waals surface area (Å²) in [5.74, 6) is -0.351. The van der Waals surface area contributed by atoms with Crippen molar-refractivity contribution in [1.82, 2.24) is 10.2 Å². The third-order valence-electron chi connectivity index (χ3n) is 4.08. The largest absolute Gasteiger partial charge is 0.350 e. The lowest BCUT2D eigenvalue weighted by molar-refractivity contribution is 0.0733. The van der Waals surface area contributed by atoms with E-state index >= 15 is 0 Å². The van der Waals surface area contributed by atoms with E-state index in [2.05, 4.69) is 5.32 Å². The van der Waals surface area contributed by atoms with Gasteiger partial charge in [0.05, 0.1) is 9.77 Å². The zero-order valence-corrected chi connectivity index (χ0v) is 15.3. The van der Waals surface area contributed by atoms with Crippen LogP contribution in [0.15, 0.2) is 40.6 Å². The molecule has 0 aliphatic carbocycles. The Labute approximate surface area is 150 Å². The minimum Gasteiger partial charge on any atom is -0.350 e. The average molecular weight is 378 g/mol. The first-order valence-corrected chi connectivity index (χ1v) is 10.6. The van der Waals surface area contributed by atoms with Crippen molar-refractivity contribution in [2.24, 2.45) is 0 Å². The number of amides is 2. The van der Waals surface area contributed by atoms with Crippen LogP contribution in [-0.2, 0) is 16.3 Å². The molecule has 0 saturated carbocycles. The number of hydrogen-bond donors (Lipinski definition) is 1. The van der Waals surface area contributed by atoms with Crippen LogP contribution in [0.1, 0.15) is 25.6 Å². The predicted octanol–water partition coefficient (Wildman–Crippen LogP) is 1.58. The van der Waals surface area contributed by atoms with E-state index < -0.39 is 9.84 Å². The molecular weight excluding hydrogens is 360 g/mol. The molecule has 2 aromatic rings. The Kier molecular flexibility index (Phi) is 4.91. The summed E-state index contributed by atoms with van der Waals surface area (Å²) >= 11 is 1.09. The van der Waals surface area contributed by atoms with Crippen LogP contribution in [0.25, 0.3) is 0 Å². The number of hydrogen-bond acceptors (Lipinski definition) is 5. The maximum absolute atomic E-state index is 12.4. The number of thiophene rings is 1. The number of rotatable bonds is 5. The summed E-state index contributed by atoms with van der Waals surface area (Å²) in [6, 6.07) is 8.92. The molecule has 0 saturated heterocycles. The van der Waals surface area contributed by atoms with Gasteiger partial charge in [-0.25, -0.2) is 8.42 Å². The second kappa shape index (κ2) is 6.97. The van der Waals surface area contributed by atoms with Gasteiger partial charge in [-0.1, -0.05) is 18.2 Å². The molecule has 1 N–H and O–H groups in total. The Morgan fingerprint density at radius 2 is 2.08 bits per heavy atom. The van der Waals surface area contributed by atoms with E-state index in [1.54, 1.807) is 4.90 Å². The van der Waals surface area contributed by atoms with E-state index in [9.17, 15) is 18.0 Å². The Morgan fingerprint density at radius 3 is 2.80 bits per heavy atom. The second-order valence-electron chi connectivity index (χ2n) is 5.87. The molecule has 0 spiro atoms. The highest BCUT2D eigenvalue weighted by Gasteiger charge is 2.23. The van der Waals surface area contributed by atoms with Crippen LogP contribution in [0, 0.1) is 0 Å². The van der Waals surface area contributed by atoms with Crippen LogP contribution in [0.2, 0.25) is 0 Å². The number of benzene rings is 1. The van der Waals surface area contributed by atoms with E-state index in [0.717, 1.165) is 35.1 Å². The van der Waals surface area contributed by atoms with Crippen molar-refractivity contribution in [2.75, 3.05) is 25.9 Å². The van der Waals surface area contributed by atoms with Crippen molar-refractivity contribution in [3.8, 4) is 0 Å². The monoisotopic (exact) mass is 378 g/mol. The van der Waals surface area contributed by atoms with Gasteiger partial charge < -0.3 is 10.2 Å². The van der Waals surface area contributed by atoms with E-state index in [0.29, 0.717) is 24.5 Å². The molecule has 8 heteroatoms. The summed E-state index contributed by atoms with van der Waals surface area (Å²) < 4.78 is 22.9. The number of fused-ring (bicyclic) bond motifs is 1. The number of carbonyl (C=O) groups excluding carboxylic acids is 2. The van der Waals surface area contributed by atoms with Crippen LogP contribution >= 0.6 is 11.3 Å². The summed E-state index contributed by atoms with van der Waals surface area (Å²) in [5.41, 5.74) is 1.77. The van der Waals surface area contributed by atoms with Gasteiger partial charge in [0, 0.05) is 36.8 Å². The molecule has 6 nitrogen and oxygen atoms in total. The number of nitrogens with one attached hydrogen (secondary N) is 1. The first-order valence-electron chi connectivity index (χ1n) is 7.80. The summed E-state index contributed by atoms with van der Waals surface area (Å²) in [4.78, 5) is 26.7. The Balaban J connectivity index is 1.56. The van der Waals surface area contributed by atoms with Gasteiger partial charge in [0.25, 0.3) is 11.8 Å². The van der Waals surface area contributed by atoms with Crippen molar-refractivity contribution >= 4 is 33.0 Å². The third kappa shape index (κ3) is 3.91. The third-order valence-corrected chi connectivity index (χ3v) is 6.25. The molecule has 132 valence electrons.